The van der Waals surface area contributed by atoms with Crippen LogP contribution in [0.15, 0.2) is 24.4 Å². The first-order valence-corrected chi connectivity index (χ1v) is 5.91. The zero-order valence-corrected chi connectivity index (χ0v) is 10.2. The Morgan fingerprint density at radius 3 is 3.06 bits per heavy atom. The molecule has 0 unspecified atom stereocenters. The Kier molecular flexibility index (Phi) is 3.42. The van der Waals surface area contributed by atoms with Gasteiger partial charge in [-0.2, -0.15) is 5.10 Å². The predicted octanol–water partition coefficient (Wildman–Crippen LogP) is 2.43. The number of carbonyl (C=O) groups is 1. The number of amides is 1. The molecule has 0 atom stereocenters. The smallest absolute Gasteiger partial charge is 0.253 e. The Bertz CT molecular complexity index is 518. The normalized spacial score (nSPS) is 10.7. The number of hydrogen-bond acceptors (Lipinski definition) is 2. The predicted molar refractivity (Wildman–Crippen MR) is 68.0 cm³/mol. The second-order valence-electron chi connectivity index (χ2n) is 4.25. The molecule has 17 heavy (non-hydrogen) atoms. The Morgan fingerprint density at radius 2 is 2.29 bits per heavy atom. The lowest BCUT2D eigenvalue weighted by Crippen LogP contribution is -2.27. The quantitative estimate of drug-likeness (QED) is 0.878. The van der Waals surface area contributed by atoms with Gasteiger partial charge in [-0.15, -0.1) is 0 Å². The molecule has 0 aliphatic carbocycles. The third-order valence-corrected chi connectivity index (χ3v) is 2.88. The third-order valence-electron chi connectivity index (χ3n) is 2.88. The monoisotopic (exact) mass is 231 g/mol. The molecule has 2 rings (SSSR count). The topological polar surface area (TPSA) is 49.0 Å². The number of nitrogens with zero attached hydrogens (tertiary/aromatic N) is 2. The maximum atomic E-state index is 12.1. The summed E-state index contributed by atoms with van der Waals surface area (Å²) in [4.78, 5) is 13.9. The minimum absolute atomic E-state index is 0.0648. The van der Waals surface area contributed by atoms with Crippen molar-refractivity contribution in [1.82, 2.24) is 15.1 Å². The van der Waals surface area contributed by atoms with E-state index in [1.807, 2.05) is 25.2 Å². The lowest BCUT2D eigenvalue weighted by Gasteiger charge is -2.16. The number of rotatable bonds is 4. The van der Waals surface area contributed by atoms with Gasteiger partial charge in [0.05, 0.1) is 11.7 Å². The van der Waals surface area contributed by atoms with Gasteiger partial charge < -0.3 is 4.90 Å². The summed E-state index contributed by atoms with van der Waals surface area (Å²) in [6.07, 6.45) is 3.89. The van der Waals surface area contributed by atoms with E-state index in [9.17, 15) is 4.79 Å². The van der Waals surface area contributed by atoms with Crippen LogP contribution >= 0.6 is 0 Å². The molecule has 4 heteroatoms. The van der Waals surface area contributed by atoms with E-state index in [-0.39, 0.29) is 5.91 Å². The SMILES string of the molecule is CCCCN(C)C(=O)c1ccc2cn[nH]c2c1. The first kappa shape index (κ1) is 11.6. The molecule has 1 heterocycles. The van der Waals surface area contributed by atoms with E-state index in [0.29, 0.717) is 5.56 Å². The summed E-state index contributed by atoms with van der Waals surface area (Å²) in [5.74, 6) is 0.0648. The number of aromatic nitrogens is 2. The minimum atomic E-state index is 0.0648. The number of nitrogens with one attached hydrogen (secondary N) is 1. The highest BCUT2D eigenvalue weighted by Crippen LogP contribution is 2.14. The fourth-order valence-electron chi connectivity index (χ4n) is 1.79. The molecule has 1 aromatic heterocycles. The highest BCUT2D eigenvalue weighted by atomic mass is 16.2. The van der Waals surface area contributed by atoms with E-state index in [1.165, 1.54) is 0 Å². The summed E-state index contributed by atoms with van der Waals surface area (Å²) in [5.41, 5.74) is 1.61. The molecule has 0 aliphatic heterocycles. The van der Waals surface area contributed by atoms with Crippen molar-refractivity contribution in [2.45, 2.75) is 19.8 Å². The molecule has 1 aromatic carbocycles. The van der Waals surface area contributed by atoms with Crippen molar-refractivity contribution in [2.24, 2.45) is 0 Å². The van der Waals surface area contributed by atoms with E-state index in [2.05, 4.69) is 17.1 Å². The number of unbranched alkanes of at least 4 members (excludes halogenated alkanes) is 1. The molecule has 4 nitrogen and oxygen atoms in total. The van der Waals surface area contributed by atoms with E-state index in [4.69, 9.17) is 0 Å². The highest BCUT2D eigenvalue weighted by Gasteiger charge is 2.11. The van der Waals surface area contributed by atoms with Crippen LogP contribution in [0.4, 0.5) is 0 Å². The van der Waals surface area contributed by atoms with Crippen LogP contribution in [0.2, 0.25) is 0 Å². The van der Waals surface area contributed by atoms with Gasteiger partial charge in [0.2, 0.25) is 0 Å². The zero-order chi connectivity index (χ0) is 12.3. The molecule has 2 aromatic rings. The molecular formula is C13H17N3O. The first-order valence-electron chi connectivity index (χ1n) is 5.91. The molecule has 1 amide bonds. The summed E-state index contributed by atoms with van der Waals surface area (Å²) >= 11 is 0. The van der Waals surface area contributed by atoms with Gasteiger partial charge in [-0.1, -0.05) is 19.4 Å². The zero-order valence-electron chi connectivity index (χ0n) is 10.2. The van der Waals surface area contributed by atoms with Crippen molar-refractivity contribution < 1.29 is 4.79 Å². The summed E-state index contributed by atoms with van der Waals surface area (Å²) in [7, 11) is 1.84. The first-order chi connectivity index (χ1) is 8.22. The van der Waals surface area contributed by atoms with Crippen molar-refractivity contribution in [1.29, 1.82) is 0 Å². The van der Waals surface area contributed by atoms with Crippen LogP contribution < -0.4 is 0 Å². The number of carbonyl (C=O) groups excluding carboxylic acids is 1. The van der Waals surface area contributed by atoms with Gasteiger partial charge in [-0.25, -0.2) is 0 Å². The maximum Gasteiger partial charge on any atom is 0.253 e. The van der Waals surface area contributed by atoms with Crippen LogP contribution in [0.3, 0.4) is 0 Å². The number of aromatic amines is 1. The highest BCUT2D eigenvalue weighted by molar-refractivity contribution is 5.97. The second kappa shape index (κ2) is 4.99. The fourth-order valence-corrected chi connectivity index (χ4v) is 1.79. The van der Waals surface area contributed by atoms with Crippen LogP contribution in [0.5, 0.6) is 0 Å². The Hall–Kier alpha value is -1.84. The Morgan fingerprint density at radius 1 is 1.47 bits per heavy atom. The molecule has 90 valence electrons. The lowest BCUT2D eigenvalue weighted by molar-refractivity contribution is 0.0793. The third kappa shape index (κ3) is 2.46. The molecule has 0 saturated carbocycles. The van der Waals surface area contributed by atoms with E-state index >= 15 is 0 Å². The van der Waals surface area contributed by atoms with Crippen LogP contribution in [-0.4, -0.2) is 34.6 Å². The molecule has 0 aliphatic rings. The number of benzene rings is 1. The molecule has 0 saturated heterocycles. The number of fused-ring (bicyclic) bond motifs is 1. The van der Waals surface area contributed by atoms with Crippen molar-refractivity contribution in [3.05, 3.63) is 30.0 Å². The minimum Gasteiger partial charge on any atom is -0.342 e. The Labute approximate surface area is 101 Å². The van der Waals surface area contributed by atoms with Crippen LogP contribution in [0.25, 0.3) is 10.9 Å². The van der Waals surface area contributed by atoms with E-state index < -0.39 is 0 Å². The van der Waals surface area contributed by atoms with Crippen LogP contribution in [0, 0.1) is 0 Å². The van der Waals surface area contributed by atoms with Crippen molar-refractivity contribution >= 4 is 16.8 Å². The fraction of sp³-hybridized carbons (Fsp3) is 0.385. The largest absolute Gasteiger partial charge is 0.342 e. The van der Waals surface area contributed by atoms with Crippen molar-refractivity contribution in [3.63, 3.8) is 0 Å². The lowest BCUT2D eigenvalue weighted by atomic mass is 10.1. The molecule has 0 fully saturated rings. The van der Waals surface area contributed by atoms with Crippen LogP contribution in [0.1, 0.15) is 30.1 Å². The molecule has 1 N–H and O–H groups in total. The molecular weight excluding hydrogens is 214 g/mol. The van der Waals surface area contributed by atoms with Crippen molar-refractivity contribution in [3.8, 4) is 0 Å². The number of hydrogen-bond donors (Lipinski definition) is 1. The van der Waals surface area contributed by atoms with Crippen LogP contribution in [-0.2, 0) is 0 Å². The standard InChI is InChI=1S/C13H17N3O/c1-3-4-7-16(2)13(17)10-5-6-11-9-14-15-12(11)8-10/h5-6,8-9H,3-4,7H2,1-2H3,(H,14,15). The van der Waals surface area contributed by atoms with E-state index in [1.54, 1.807) is 11.1 Å². The summed E-state index contributed by atoms with van der Waals surface area (Å²) < 4.78 is 0. The maximum absolute atomic E-state index is 12.1. The average molecular weight is 231 g/mol. The molecule has 0 radical (unpaired) electrons. The van der Waals surface area contributed by atoms with Gasteiger partial charge in [0.15, 0.2) is 0 Å². The average Bonchev–Trinajstić information content (AvgIpc) is 2.81. The van der Waals surface area contributed by atoms with Gasteiger partial charge >= 0.3 is 0 Å². The van der Waals surface area contributed by atoms with Gasteiger partial charge in [-0.05, 0) is 18.6 Å². The summed E-state index contributed by atoms with van der Waals surface area (Å²) in [5, 5.41) is 7.85. The van der Waals surface area contributed by atoms with Crippen molar-refractivity contribution in [2.75, 3.05) is 13.6 Å². The number of H-pyrrole nitrogens is 1. The summed E-state index contributed by atoms with van der Waals surface area (Å²) in [6.45, 7) is 2.92. The van der Waals surface area contributed by atoms with Gasteiger partial charge in [0, 0.05) is 24.5 Å². The summed E-state index contributed by atoms with van der Waals surface area (Å²) in [6, 6.07) is 5.62. The van der Waals surface area contributed by atoms with Gasteiger partial charge in [0.25, 0.3) is 5.91 Å². The van der Waals surface area contributed by atoms with Gasteiger partial charge in [-0.3, -0.25) is 9.89 Å². The Balaban J connectivity index is 2.17. The molecule has 0 bridgehead atoms. The second-order valence-corrected chi connectivity index (χ2v) is 4.25. The molecule has 0 spiro atoms. The van der Waals surface area contributed by atoms with E-state index in [0.717, 1.165) is 30.3 Å². The van der Waals surface area contributed by atoms with Gasteiger partial charge in [0.1, 0.15) is 0 Å².